The standard InChI is InChI=1S/C14H14N2O2/c1-10-6-3-4-7-11(10)16-14(17)12-8-5-9-13(15-12)18-2/h3-9H,1-2H3,(H,16,17). The molecule has 1 aromatic heterocycles. The molecule has 0 spiro atoms. The number of pyridine rings is 1. The van der Waals surface area contributed by atoms with Gasteiger partial charge in [0.2, 0.25) is 5.88 Å². The van der Waals surface area contributed by atoms with E-state index >= 15 is 0 Å². The zero-order chi connectivity index (χ0) is 13.0. The van der Waals surface area contributed by atoms with Gasteiger partial charge in [0.05, 0.1) is 7.11 Å². The first kappa shape index (κ1) is 12.1. The van der Waals surface area contributed by atoms with Gasteiger partial charge < -0.3 is 10.1 Å². The van der Waals surface area contributed by atoms with E-state index in [0.29, 0.717) is 11.6 Å². The first-order chi connectivity index (χ1) is 8.70. The summed E-state index contributed by atoms with van der Waals surface area (Å²) in [6.45, 7) is 1.94. The van der Waals surface area contributed by atoms with Crippen LogP contribution in [0.4, 0.5) is 5.69 Å². The van der Waals surface area contributed by atoms with E-state index in [-0.39, 0.29) is 5.91 Å². The van der Waals surface area contributed by atoms with Gasteiger partial charge in [-0.15, -0.1) is 0 Å². The number of anilines is 1. The molecule has 92 valence electrons. The summed E-state index contributed by atoms with van der Waals surface area (Å²) in [5.41, 5.74) is 2.12. The molecule has 0 atom stereocenters. The second-order valence-corrected chi connectivity index (χ2v) is 3.83. The first-order valence-electron chi connectivity index (χ1n) is 5.59. The van der Waals surface area contributed by atoms with Gasteiger partial charge in [-0.3, -0.25) is 4.79 Å². The Morgan fingerprint density at radius 1 is 1.17 bits per heavy atom. The molecule has 0 aliphatic heterocycles. The molecule has 2 rings (SSSR count). The summed E-state index contributed by atoms with van der Waals surface area (Å²) in [6, 6.07) is 12.7. The normalized spacial score (nSPS) is 9.89. The van der Waals surface area contributed by atoms with Crippen LogP contribution < -0.4 is 10.1 Å². The maximum absolute atomic E-state index is 12.0. The van der Waals surface area contributed by atoms with Crippen LogP contribution >= 0.6 is 0 Å². The number of hydrogen-bond donors (Lipinski definition) is 1. The molecule has 1 N–H and O–H groups in total. The van der Waals surface area contributed by atoms with E-state index in [1.54, 1.807) is 18.2 Å². The van der Waals surface area contributed by atoms with Crippen LogP contribution in [0.15, 0.2) is 42.5 Å². The Morgan fingerprint density at radius 2 is 1.94 bits per heavy atom. The topological polar surface area (TPSA) is 51.2 Å². The van der Waals surface area contributed by atoms with Crippen molar-refractivity contribution in [1.82, 2.24) is 4.98 Å². The van der Waals surface area contributed by atoms with E-state index in [0.717, 1.165) is 11.3 Å². The lowest BCUT2D eigenvalue weighted by molar-refractivity contribution is 0.102. The highest BCUT2D eigenvalue weighted by Crippen LogP contribution is 2.15. The van der Waals surface area contributed by atoms with E-state index in [9.17, 15) is 4.79 Å². The highest BCUT2D eigenvalue weighted by Gasteiger charge is 2.09. The van der Waals surface area contributed by atoms with Gasteiger partial charge in [-0.1, -0.05) is 24.3 Å². The molecule has 0 saturated heterocycles. The molecule has 0 fully saturated rings. The Bertz CT molecular complexity index is 567. The van der Waals surface area contributed by atoms with Crippen molar-refractivity contribution in [3.05, 3.63) is 53.7 Å². The molecule has 4 nitrogen and oxygen atoms in total. The maximum atomic E-state index is 12.0. The van der Waals surface area contributed by atoms with Gasteiger partial charge in [0.25, 0.3) is 5.91 Å². The van der Waals surface area contributed by atoms with Gasteiger partial charge in [0.1, 0.15) is 5.69 Å². The van der Waals surface area contributed by atoms with Crippen molar-refractivity contribution in [2.24, 2.45) is 0 Å². The van der Waals surface area contributed by atoms with E-state index < -0.39 is 0 Å². The van der Waals surface area contributed by atoms with Crippen LogP contribution in [0.3, 0.4) is 0 Å². The molecule has 0 aliphatic rings. The Hall–Kier alpha value is -2.36. The number of nitrogens with zero attached hydrogens (tertiary/aromatic N) is 1. The van der Waals surface area contributed by atoms with Crippen LogP contribution in [0.2, 0.25) is 0 Å². The third kappa shape index (κ3) is 2.66. The highest BCUT2D eigenvalue weighted by molar-refractivity contribution is 6.03. The fourth-order valence-corrected chi connectivity index (χ4v) is 1.55. The average molecular weight is 242 g/mol. The van der Waals surface area contributed by atoms with E-state index in [2.05, 4.69) is 10.3 Å². The second-order valence-electron chi connectivity index (χ2n) is 3.83. The summed E-state index contributed by atoms with van der Waals surface area (Å²) in [4.78, 5) is 16.1. The summed E-state index contributed by atoms with van der Waals surface area (Å²) < 4.78 is 4.99. The lowest BCUT2D eigenvalue weighted by atomic mass is 10.2. The predicted molar refractivity (Wildman–Crippen MR) is 69.9 cm³/mol. The Morgan fingerprint density at radius 3 is 2.67 bits per heavy atom. The SMILES string of the molecule is COc1cccc(C(=O)Nc2ccccc2C)n1. The number of hydrogen-bond acceptors (Lipinski definition) is 3. The largest absolute Gasteiger partial charge is 0.481 e. The molecule has 18 heavy (non-hydrogen) atoms. The zero-order valence-electron chi connectivity index (χ0n) is 10.3. The van der Waals surface area contributed by atoms with Gasteiger partial charge in [0.15, 0.2) is 0 Å². The lowest BCUT2D eigenvalue weighted by Gasteiger charge is -2.08. The first-order valence-corrected chi connectivity index (χ1v) is 5.59. The quantitative estimate of drug-likeness (QED) is 0.900. The number of ether oxygens (including phenoxy) is 1. The number of para-hydroxylation sites is 1. The molecule has 1 heterocycles. The number of methoxy groups -OCH3 is 1. The Labute approximate surface area is 106 Å². The predicted octanol–water partition coefficient (Wildman–Crippen LogP) is 2.65. The van der Waals surface area contributed by atoms with E-state index in [1.807, 2.05) is 31.2 Å². The third-order valence-electron chi connectivity index (χ3n) is 2.56. The third-order valence-corrected chi connectivity index (χ3v) is 2.56. The molecule has 4 heteroatoms. The molecule has 2 aromatic rings. The van der Waals surface area contributed by atoms with Gasteiger partial charge in [0, 0.05) is 11.8 Å². The zero-order valence-corrected chi connectivity index (χ0v) is 10.3. The van der Waals surface area contributed by atoms with Crippen LogP contribution in [0.1, 0.15) is 16.1 Å². The molecule has 1 aromatic carbocycles. The average Bonchev–Trinajstić information content (AvgIpc) is 2.41. The van der Waals surface area contributed by atoms with Crippen LogP contribution in [0.5, 0.6) is 5.88 Å². The monoisotopic (exact) mass is 242 g/mol. The molecular weight excluding hydrogens is 228 g/mol. The van der Waals surface area contributed by atoms with Crippen molar-refractivity contribution in [3.63, 3.8) is 0 Å². The van der Waals surface area contributed by atoms with E-state index in [1.165, 1.54) is 7.11 Å². The van der Waals surface area contributed by atoms with Crippen LogP contribution in [0, 0.1) is 6.92 Å². The number of aromatic nitrogens is 1. The second kappa shape index (κ2) is 5.31. The maximum Gasteiger partial charge on any atom is 0.274 e. The molecule has 0 aliphatic carbocycles. The molecule has 0 radical (unpaired) electrons. The van der Waals surface area contributed by atoms with Crippen molar-refractivity contribution < 1.29 is 9.53 Å². The fourth-order valence-electron chi connectivity index (χ4n) is 1.55. The highest BCUT2D eigenvalue weighted by atomic mass is 16.5. The Kier molecular flexibility index (Phi) is 3.57. The van der Waals surface area contributed by atoms with Crippen LogP contribution in [-0.2, 0) is 0 Å². The number of aryl methyl sites for hydroxylation is 1. The van der Waals surface area contributed by atoms with Gasteiger partial charge in [-0.25, -0.2) is 4.98 Å². The summed E-state index contributed by atoms with van der Waals surface area (Å²) in [7, 11) is 1.52. The lowest BCUT2D eigenvalue weighted by Crippen LogP contribution is -2.14. The van der Waals surface area contributed by atoms with Crippen LogP contribution in [-0.4, -0.2) is 18.0 Å². The van der Waals surface area contributed by atoms with Gasteiger partial charge >= 0.3 is 0 Å². The van der Waals surface area contributed by atoms with Crippen molar-refractivity contribution >= 4 is 11.6 Å². The fraction of sp³-hybridized carbons (Fsp3) is 0.143. The summed E-state index contributed by atoms with van der Waals surface area (Å²) in [6.07, 6.45) is 0. The van der Waals surface area contributed by atoms with Gasteiger partial charge in [-0.05, 0) is 24.6 Å². The van der Waals surface area contributed by atoms with Crippen molar-refractivity contribution in [2.45, 2.75) is 6.92 Å². The Balaban J connectivity index is 2.19. The number of rotatable bonds is 3. The van der Waals surface area contributed by atoms with Gasteiger partial charge in [-0.2, -0.15) is 0 Å². The van der Waals surface area contributed by atoms with Crippen molar-refractivity contribution in [1.29, 1.82) is 0 Å². The molecular formula is C14H14N2O2. The smallest absolute Gasteiger partial charge is 0.274 e. The number of amides is 1. The summed E-state index contributed by atoms with van der Waals surface area (Å²) in [5.74, 6) is 0.177. The molecule has 1 amide bonds. The van der Waals surface area contributed by atoms with Crippen molar-refractivity contribution in [3.8, 4) is 5.88 Å². The minimum atomic E-state index is -0.247. The minimum absolute atomic E-state index is 0.247. The van der Waals surface area contributed by atoms with Crippen molar-refractivity contribution in [2.75, 3.05) is 12.4 Å². The number of carbonyl (C=O) groups excluding carboxylic acids is 1. The van der Waals surface area contributed by atoms with E-state index in [4.69, 9.17) is 4.74 Å². The number of carbonyl (C=O) groups is 1. The summed E-state index contributed by atoms with van der Waals surface area (Å²) in [5, 5.41) is 2.82. The minimum Gasteiger partial charge on any atom is -0.481 e. The number of benzene rings is 1. The van der Waals surface area contributed by atoms with Crippen LogP contribution in [0.25, 0.3) is 0 Å². The molecule has 0 bridgehead atoms. The molecule has 0 saturated carbocycles. The number of nitrogens with one attached hydrogen (secondary N) is 1. The summed E-state index contributed by atoms with van der Waals surface area (Å²) >= 11 is 0. The molecule has 0 unspecified atom stereocenters.